The Labute approximate surface area is 192 Å². The van der Waals surface area contributed by atoms with Gasteiger partial charge in [-0.05, 0) is 54.7 Å². The number of carboxylic acid groups (broad SMARTS) is 1. The largest absolute Gasteiger partial charge is 0.493 e. The van der Waals surface area contributed by atoms with Gasteiger partial charge in [-0.1, -0.05) is 82.0 Å². The molecule has 170 valence electrons. The molecule has 1 aliphatic rings. The van der Waals surface area contributed by atoms with Gasteiger partial charge in [0.1, 0.15) is 5.75 Å². The molecular formula is C28H35NO3. The van der Waals surface area contributed by atoms with Crippen LogP contribution in [-0.4, -0.2) is 17.7 Å². The lowest BCUT2D eigenvalue weighted by Gasteiger charge is -2.38. The maximum atomic E-state index is 11.8. The fraction of sp³-hybridized carbons (Fsp3) is 0.500. The molecule has 0 spiro atoms. The van der Waals surface area contributed by atoms with Crippen molar-refractivity contribution >= 4 is 5.97 Å². The van der Waals surface area contributed by atoms with Crippen molar-refractivity contribution in [2.75, 3.05) is 6.61 Å². The number of carbonyl (C=O) groups is 1. The number of nitrogens with zero attached hydrogens (tertiary/aromatic N) is 1. The quantitative estimate of drug-likeness (QED) is 0.402. The molecule has 2 aromatic carbocycles. The molecule has 3 rings (SSSR count). The number of carboxylic acids is 1. The number of ether oxygens (including phenoxy) is 1. The molecule has 0 aliphatic heterocycles. The van der Waals surface area contributed by atoms with E-state index in [1.807, 2.05) is 18.2 Å². The van der Waals surface area contributed by atoms with Crippen LogP contribution in [0.25, 0.3) is 11.1 Å². The molecule has 0 aromatic heterocycles. The number of hydrogen-bond donors (Lipinski definition) is 1. The number of aliphatic carboxylic acids is 1. The van der Waals surface area contributed by atoms with Crippen LogP contribution in [-0.2, 0) is 4.79 Å². The highest BCUT2D eigenvalue weighted by Crippen LogP contribution is 2.49. The third-order valence-corrected chi connectivity index (χ3v) is 6.98. The maximum Gasteiger partial charge on any atom is 0.324 e. The molecule has 1 aliphatic carbocycles. The molecule has 3 unspecified atom stereocenters. The van der Waals surface area contributed by atoms with Gasteiger partial charge in [0.25, 0.3) is 0 Å². The zero-order valence-corrected chi connectivity index (χ0v) is 19.3. The second-order valence-corrected chi connectivity index (χ2v) is 9.05. The van der Waals surface area contributed by atoms with Gasteiger partial charge < -0.3 is 9.84 Å². The summed E-state index contributed by atoms with van der Waals surface area (Å²) in [5.74, 6) is 0.329. The summed E-state index contributed by atoms with van der Waals surface area (Å²) in [6.45, 7) is 5.00. The van der Waals surface area contributed by atoms with Crippen molar-refractivity contribution < 1.29 is 14.6 Å². The molecule has 0 bridgehead atoms. The standard InChI is InChI=1S/C28H35NO3/c1-3-5-6-10-17-32-26-18-23(13-14-25(26)22-11-8-7-9-12-22)24-15-16-28(20-29,27(30)31)19-21(24)4-2/h7-9,11-14,18,21,24H,3-6,10,15-17,19H2,1-2H3,(H,30,31). The molecule has 0 radical (unpaired) electrons. The molecule has 32 heavy (non-hydrogen) atoms. The van der Waals surface area contributed by atoms with Gasteiger partial charge in [0.2, 0.25) is 0 Å². The molecule has 0 amide bonds. The third-order valence-electron chi connectivity index (χ3n) is 6.98. The average molecular weight is 434 g/mol. The van der Waals surface area contributed by atoms with Crippen LogP contribution in [0, 0.1) is 22.7 Å². The summed E-state index contributed by atoms with van der Waals surface area (Å²) in [4.78, 5) is 11.8. The summed E-state index contributed by atoms with van der Waals surface area (Å²) in [7, 11) is 0. The van der Waals surface area contributed by atoms with Crippen molar-refractivity contribution in [2.45, 2.75) is 71.1 Å². The minimum absolute atomic E-state index is 0.166. The first-order valence-electron chi connectivity index (χ1n) is 12.0. The van der Waals surface area contributed by atoms with E-state index in [1.54, 1.807) is 0 Å². The lowest BCUT2D eigenvalue weighted by molar-refractivity contribution is -0.148. The predicted molar refractivity (Wildman–Crippen MR) is 128 cm³/mol. The van der Waals surface area contributed by atoms with Gasteiger partial charge in [-0.2, -0.15) is 5.26 Å². The van der Waals surface area contributed by atoms with E-state index in [0.29, 0.717) is 25.9 Å². The van der Waals surface area contributed by atoms with Crippen molar-refractivity contribution in [2.24, 2.45) is 11.3 Å². The second kappa shape index (κ2) is 11.2. The van der Waals surface area contributed by atoms with Crippen LogP contribution in [0.3, 0.4) is 0 Å². The monoisotopic (exact) mass is 433 g/mol. The molecule has 1 N–H and O–H groups in total. The average Bonchev–Trinajstić information content (AvgIpc) is 2.83. The summed E-state index contributed by atoms with van der Waals surface area (Å²) in [5.41, 5.74) is 2.16. The highest BCUT2D eigenvalue weighted by molar-refractivity contribution is 5.78. The molecule has 3 atom stereocenters. The number of hydrogen-bond acceptors (Lipinski definition) is 3. The highest BCUT2D eigenvalue weighted by atomic mass is 16.5. The third kappa shape index (κ3) is 5.33. The van der Waals surface area contributed by atoms with Gasteiger partial charge in [-0.3, -0.25) is 4.79 Å². The molecule has 0 heterocycles. The van der Waals surface area contributed by atoms with E-state index < -0.39 is 11.4 Å². The van der Waals surface area contributed by atoms with Crippen LogP contribution < -0.4 is 4.74 Å². The van der Waals surface area contributed by atoms with Crippen LogP contribution in [0.1, 0.15) is 76.7 Å². The van der Waals surface area contributed by atoms with Crippen molar-refractivity contribution in [3.8, 4) is 22.9 Å². The minimum atomic E-state index is -1.25. The fourth-order valence-electron chi connectivity index (χ4n) is 5.00. The van der Waals surface area contributed by atoms with Gasteiger partial charge >= 0.3 is 5.97 Å². The molecule has 4 heteroatoms. The first kappa shape index (κ1) is 23.9. The van der Waals surface area contributed by atoms with Crippen molar-refractivity contribution in [1.82, 2.24) is 0 Å². The van der Waals surface area contributed by atoms with Gasteiger partial charge in [0.15, 0.2) is 5.41 Å². The molecule has 1 saturated carbocycles. The van der Waals surface area contributed by atoms with Gasteiger partial charge in [-0.25, -0.2) is 0 Å². The summed E-state index contributed by atoms with van der Waals surface area (Å²) >= 11 is 0. The number of benzene rings is 2. The normalized spacial score (nSPS) is 22.8. The maximum absolute atomic E-state index is 11.8. The van der Waals surface area contributed by atoms with Crippen molar-refractivity contribution in [3.05, 3.63) is 54.1 Å². The lowest BCUT2D eigenvalue weighted by Crippen LogP contribution is -2.38. The second-order valence-electron chi connectivity index (χ2n) is 9.05. The Kier molecular flexibility index (Phi) is 8.33. The van der Waals surface area contributed by atoms with Crippen molar-refractivity contribution in [3.63, 3.8) is 0 Å². The van der Waals surface area contributed by atoms with Crippen LogP contribution >= 0.6 is 0 Å². The first-order chi connectivity index (χ1) is 15.5. The number of unbranched alkanes of at least 4 members (excludes halogenated alkanes) is 3. The summed E-state index contributed by atoms with van der Waals surface area (Å²) in [6.07, 6.45) is 7.00. The molecular weight excluding hydrogens is 398 g/mol. The SMILES string of the molecule is CCCCCCOc1cc(C2CCC(C#N)(C(=O)O)CC2CC)ccc1-c1ccccc1. The summed E-state index contributed by atoms with van der Waals surface area (Å²) in [5, 5.41) is 19.3. The Bertz CT molecular complexity index is 933. The topological polar surface area (TPSA) is 70.3 Å². The van der Waals surface area contributed by atoms with E-state index >= 15 is 0 Å². The minimum Gasteiger partial charge on any atom is -0.493 e. The molecule has 2 aromatic rings. The summed E-state index contributed by atoms with van der Waals surface area (Å²) < 4.78 is 6.29. The zero-order valence-electron chi connectivity index (χ0n) is 19.3. The predicted octanol–water partition coefficient (Wildman–Crippen LogP) is 7.20. The molecule has 0 saturated heterocycles. The van der Waals surface area contributed by atoms with Crippen LogP contribution in [0.4, 0.5) is 0 Å². The Hall–Kier alpha value is -2.80. The Morgan fingerprint density at radius 1 is 1.16 bits per heavy atom. The Balaban J connectivity index is 1.87. The van der Waals surface area contributed by atoms with E-state index in [2.05, 4.69) is 50.2 Å². The van der Waals surface area contributed by atoms with Gasteiger partial charge in [0, 0.05) is 5.56 Å². The smallest absolute Gasteiger partial charge is 0.324 e. The van der Waals surface area contributed by atoms with E-state index in [-0.39, 0.29) is 11.8 Å². The number of nitriles is 1. The van der Waals surface area contributed by atoms with Gasteiger partial charge in [-0.15, -0.1) is 0 Å². The van der Waals surface area contributed by atoms with E-state index in [4.69, 9.17) is 4.74 Å². The lowest BCUT2D eigenvalue weighted by atomic mass is 9.63. The number of rotatable bonds is 10. The van der Waals surface area contributed by atoms with Crippen LogP contribution in [0.15, 0.2) is 48.5 Å². The van der Waals surface area contributed by atoms with Gasteiger partial charge in [0.05, 0.1) is 12.7 Å². The van der Waals surface area contributed by atoms with Crippen molar-refractivity contribution in [1.29, 1.82) is 5.26 Å². The van der Waals surface area contributed by atoms with Crippen LogP contribution in [0.5, 0.6) is 5.75 Å². The Morgan fingerprint density at radius 2 is 1.94 bits per heavy atom. The van der Waals surface area contributed by atoms with Crippen LogP contribution in [0.2, 0.25) is 0 Å². The van der Waals surface area contributed by atoms with E-state index in [0.717, 1.165) is 29.7 Å². The fourth-order valence-corrected chi connectivity index (χ4v) is 5.00. The molecule has 4 nitrogen and oxygen atoms in total. The zero-order chi connectivity index (χ0) is 23.0. The summed E-state index contributed by atoms with van der Waals surface area (Å²) in [6, 6.07) is 18.9. The molecule has 1 fully saturated rings. The van der Waals surface area contributed by atoms with E-state index in [9.17, 15) is 15.2 Å². The highest BCUT2D eigenvalue weighted by Gasteiger charge is 2.46. The van der Waals surface area contributed by atoms with E-state index in [1.165, 1.54) is 24.8 Å². The first-order valence-corrected chi connectivity index (χ1v) is 12.0. The Morgan fingerprint density at radius 3 is 2.59 bits per heavy atom.